The number of rotatable bonds is 4. The van der Waals surface area contributed by atoms with Gasteiger partial charge in [0.2, 0.25) is 0 Å². The Balaban J connectivity index is 1.91. The van der Waals surface area contributed by atoms with Crippen molar-refractivity contribution in [3.05, 3.63) is 118 Å². The Bertz CT molecular complexity index is 1230. The summed E-state index contributed by atoms with van der Waals surface area (Å²) in [4.78, 5) is 2.57. The molecule has 0 aliphatic carbocycles. The standard InChI is InChI=1S/C28H18Br2S/c29-23-15-7-13-21(17-23)25-26(22-14-8-16-24(30)18-22)28(20-11-5-2-6-12-20)31-27(25)19-9-3-1-4-10-19/h1-18H. The third-order valence-electron chi connectivity index (χ3n) is 5.21. The van der Waals surface area contributed by atoms with Crippen LogP contribution in [0, 0.1) is 0 Å². The molecule has 31 heavy (non-hydrogen) atoms. The fourth-order valence-corrected chi connectivity index (χ4v) is 6.01. The van der Waals surface area contributed by atoms with E-state index in [9.17, 15) is 0 Å². The lowest BCUT2D eigenvalue weighted by molar-refractivity contribution is 1.58. The van der Waals surface area contributed by atoms with Gasteiger partial charge < -0.3 is 0 Å². The zero-order chi connectivity index (χ0) is 21.2. The molecule has 0 N–H and O–H groups in total. The minimum absolute atomic E-state index is 1.08. The van der Waals surface area contributed by atoms with E-state index in [2.05, 4.69) is 141 Å². The van der Waals surface area contributed by atoms with Gasteiger partial charge in [0, 0.05) is 29.8 Å². The smallest absolute Gasteiger partial charge is 0.0434 e. The van der Waals surface area contributed by atoms with Crippen LogP contribution in [-0.2, 0) is 0 Å². The molecule has 0 nitrogen and oxygen atoms in total. The quantitative estimate of drug-likeness (QED) is 0.211. The molecular weight excluding hydrogens is 528 g/mol. The summed E-state index contributed by atoms with van der Waals surface area (Å²) in [6.07, 6.45) is 0. The van der Waals surface area contributed by atoms with E-state index in [4.69, 9.17) is 0 Å². The van der Waals surface area contributed by atoms with E-state index in [-0.39, 0.29) is 0 Å². The first-order chi connectivity index (χ1) is 15.2. The van der Waals surface area contributed by atoms with Crippen molar-refractivity contribution in [1.82, 2.24) is 0 Å². The second-order valence-corrected chi connectivity index (χ2v) is 10.1. The van der Waals surface area contributed by atoms with Gasteiger partial charge in [-0.25, -0.2) is 0 Å². The monoisotopic (exact) mass is 544 g/mol. The molecule has 0 spiro atoms. The summed E-state index contributed by atoms with van der Waals surface area (Å²) < 4.78 is 2.16. The van der Waals surface area contributed by atoms with Crippen molar-refractivity contribution in [3.8, 4) is 43.1 Å². The van der Waals surface area contributed by atoms with Gasteiger partial charge in [0.1, 0.15) is 0 Å². The average molecular weight is 546 g/mol. The van der Waals surface area contributed by atoms with Gasteiger partial charge in [-0.2, -0.15) is 0 Å². The van der Waals surface area contributed by atoms with Crippen LogP contribution in [0.3, 0.4) is 0 Å². The molecule has 0 fully saturated rings. The Kier molecular flexibility index (Phi) is 5.91. The molecule has 1 heterocycles. The van der Waals surface area contributed by atoms with E-state index in [1.165, 1.54) is 43.1 Å². The molecule has 1 aromatic heterocycles. The van der Waals surface area contributed by atoms with Gasteiger partial charge in [0.25, 0.3) is 0 Å². The van der Waals surface area contributed by atoms with Gasteiger partial charge in [0.15, 0.2) is 0 Å². The minimum atomic E-state index is 1.08. The number of hydrogen-bond acceptors (Lipinski definition) is 1. The summed E-state index contributed by atoms with van der Waals surface area (Å²) in [7, 11) is 0. The van der Waals surface area contributed by atoms with E-state index in [0.29, 0.717) is 0 Å². The summed E-state index contributed by atoms with van der Waals surface area (Å²) in [5, 5.41) is 0. The maximum Gasteiger partial charge on any atom is 0.0434 e. The average Bonchev–Trinajstić information content (AvgIpc) is 3.21. The molecule has 0 unspecified atom stereocenters. The minimum Gasteiger partial charge on any atom is -0.134 e. The summed E-state index contributed by atoms with van der Waals surface area (Å²) >= 11 is 9.22. The summed E-state index contributed by atoms with van der Waals surface area (Å²) in [5.41, 5.74) is 7.44. The summed E-state index contributed by atoms with van der Waals surface area (Å²) in [6, 6.07) is 38.6. The molecule has 0 atom stereocenters. The highest BCUT2D eigenvalue weighted by Gasteiger charge is 2.23. The van der Waals surface area contributed by atoms with E-state index < -0.39 is 0 Å². The van der Waals surface area contributed by atoms with Crippen LogP contribution in [0.2, 0.25) is 0 Å². The largest absolute Gasteiger partial charge is 0.134 e. The lowest BCUT2D eigenvalue weighted by Crippen LogP contribution is -1.86. The first-order valence-electron chi connectivity index (χ1n) is 10.0. The zero-order valence-corrected chi connectivity index (χ0v) is 20.5. The number of thiophene rings is 1. The normalized spacial score (nSPS) is 10.9. The van der Waals surface area contributed by atoms with Crippen LogP contribution in [0.5, 0.6) is 0 Å². The van der Waals surface area contributed by atoms with Crippen molar-refractivity contribution < 1.29 is 0 Å². The van der Waals surface area contributed by atoms with Crippen molar-refractivity contribution in [2.75, 3.05) is 0 Å². The van der Waals surface area contributed by atoms with Gasteiger partial charge in [-0.3, -0.25) is 0 Å². The molecule has 4 aromatic carbocycles. The van der Waals surface area contributed by atoms with Gasteiger partial charge in [-0.05, 0) is 46.5 Å². The Morgan fingerprint density at radius 1 is 0.419 bits per heavy atom. The Labute approximate surface area is 203 Å². The lowest BCUT2D eigenvalue weighted by atomic mass is 9.91. The predicted octanol–water partition coefficient (Wildman–Crippen LogP) is 9.94. The third kappa shape index (κ3) is 4.18. The van der Waals surface area contributed by atoms with Crippen molar-refractivity contribution >= 4 is 43.2 Å². The second-order valence-electron chi connectivity index (χ2n) is 7.26. The molecule has 0 amide bonds. The highest BCUT2D eigenvalue weighted by Crippen LogP contribution is 2.52. The fourth-order valence-electron chi connectivity index (χ4n) is 3.86. The number of halogens is 2. The maximum atomic E-state index is 3.68. The Hall–Kier alpha value is -2.46. The molecular formula is C28H18Br2S. The molecule has 0 aliphatic rings. The highest BCUT2D eigenvalue weighted by molar-refractivity contribution is 9.10. The van der Waals surface area contributed by atoms with Gasteiger partial charge in [-0.1, -0.05) is 117 Å². The van der Waals surface area contributed by atoms with Crippen LogP contribution < -0.4 is 0 Å². The lowest BCUT2D eigenvalue weighted by Gasteiger charge is -2.11. The molecule has 0 radical (unpaired) electrons. The van der Waals surface area contributed by atoms with Crippen molar-refractivity contribution in [2.24, 2.45) is 0 Å². The fraction of sp³-hybridized carbons (Fsp3) is 0. The summed E-state index contributed by atoms with van der Waals surface area (Å²) in [5.74, 6) is 0. The van der Waals surface area contributed by atoms with Crippen LogP contribution in [0.25, 0.3) is 43.1 Å². The highest BCUT2D eigenvalue weighted by atomic mass is 79.9. The van der Waals surface area contributed by atoms with Gasteiger partial charge >= 0.3 is 0 Å². The Morgan fingerprint density at radius 2 is 0.806 bits per heavy atom. The molecule has 0 saturated heterocycles. The van der Waals surface area contributed by atoms with Crippen LogP contribution in [0.1, 0.15) is 0 Å². The maximum absolute atomic E-state index is 3.68. The predicted molar refractivity (Wildman–Crippen MR) is 141 cm³/mol. The van der Waals surface area contributed by atoms with E-state index in [1.54, 1.807) is 0 Å². The van der Waals surface area contributed by atoms with Crippen LogP contribution in [0.4, 0.5) is 0 Å². The molecule has 0 aliphatic heterocycles. The molecule has 0 saturated carbocycles. The zero-order valence-electron chi connectivity index (χ0n) is 16.6. The van der Waals surface area contributed by atoms with E-state index in [1.807, 2.05) is 11.3 Å². The SMILES string of the molecule is Brc1cccc(-c2c(-c3ccccc3)sc(-c3ccccc3)c2-c2cccc(Br)c2)c1. The molecule has 5 rings (SSSR count). The van der Waals surface area contributed by atoms with E-state index in [0.717, 1.165) is 8.95 Å². The third-order valence-corrected chi connectivity index (χ3v) is 7.48. The molecule has 3 heteroatoms. The van der Waals surface area contributed by atoms with Crippen molar-refractivity contribution in [1.29, 1.82) is 0 Å². The van der Waals surface area contributed by atoms with Crippen LogP contribution >= 0.6 is 43.2 Å². The van der Waals surface area contributed by atoms with Crippen molar-refractivity contribution in [3.63, 3.8) is 0 Å². The van der Waals surface area contributed by atoms with Crippen LogP contribution in [-0.4, -0.2) is 0 Å². The van der Waals surface area contributed by atoms with Gasteiger partial charge in [-0.15, -0.1) is 11.3 Å². The molecule has 5 aromatic rings. The second kappa shape index (κ2) is 8.96. The number of hydrogen-bond donors (Lipinski definition) is 0. The van der Waals surface area contributed by atoms with E-state index >= 15 is 0 Å². The van der Waals surface area contributed by atoms with Crippen LogP contribution in [0.15, 0.2) is 118 Å². The molecule has 150 valence electrons. The summed E-state index contributed by atoms with van der Waals surface area (Å²) in [6.45, 7) is 0. The Morgan fingerprint density at radius 3 is 1.19 bits per heavy atom. The topological polar surface area (TPSA) is 0 Å². The van der Waals surface area contributed by atoms with Crippen molar-refractivity contribution in [2.45, 2.75) is 0 Å². The molecule has 0 bridgehead atoms. The first-order valence-corrected chi connectivity index (χ1v) is 12.4. The number of benzene rings is 4. The van der Waals surface area contributed by atoms with Gasteiger partial charge in [0.05, 0.1) is 0 Å². The first kappa shape index (κ1) is 20.4.